The van der Waals surface area contributed by atoms with Crippen LogP contribution in [0.3, 0.4) is 0 Å². The molecule has 0 radical (unpaired) electrons. The van der Waals surface area contributed by atoms with Crippen LogP contribution in [-0.2, 0) is 9.53 Å². The van der Waals surface area contributed by atoms with Crippen LogP contribution in [0.2, 0.25) is 0 Å². The molecule has 2 amide bonds. The predicted molar refractivity (Wildman–Crippen MR) is 103 cm³/mol. The average Bonchev–Trinajstić information content (AvgIpc) is 2.61. The quantitative estimate of drug-likeness (QED) is 0.818. The summed E-state index contributed by atoms with van der Waals surface area (Å²) in [7, 11) is 0. The van der Waals surface area contributed by atoms with Gasteiger partial charge < -0.3 is 15.4 Å². The highest BCUT2D eigenvalue weighted by molar-refractivity contribution is 5.96. The third-order valence-corrected chi connectivity index (χ3v) is 3.72. The fourth-order valence-corrected chi connectivity index (χ4v) is 2.46. The Labute approximate surface area is 163 Å². The Morgan fingerprint density at radius 3 is 2.43 bits per heavy atom. The molecule has 0 aliphatic carbocycles. The predicted octanol–water partition coefficient (Wildman–Crippen LogP) is 3.94. The van der Waals surface area contributed by atoms with E-state index in [-0.39, 0.29) is 17.8 Å². The molecule has 0 aliphatic heterocycles. The van der Waals surface area contributed by atoms with E-state index in [0.29, 0.717) is 5.56 Å². The lowest BCUT2D eigenvalue weighted by Crippen LogP contribution is -2.37. The number of nitrogens with one attached hydrogen (secondary N) is 2. The van der Waals surface area contributed by atoms with Crippen molar-refractivity contribution in [3.05, 3.63) is 65.5 Å². The van der Waals surface area contributed by atoms with Crippen molar-refractivity contribution in [3.8, 4) is 6.07 Å². The summed E-state index contributed by atoms with van der Waals surface area (Å²) in [5.74, 6) is -1.86. The first-order valence-electron chi connectivity index (χ1n) is 8.72. The van der Waals surface area contributed by atoms with Gasteiger partial charge in [-0.25, -0.2) is 9.18 Å². The molecule has 146 valence electrons. The number of benzene rings is 2. The second-order valence-electron chi connectivity index (χ2n) is 7.14. The van der Waals surface area contributed by atoms with E-state index in [9.17, 15) is 14.0 Å². The molecule has 6 nitrogen and oxygen atoms in total. The highest BCUT2D eigenvalue weighted by Gasteiger charge is 2.23. The molecule has 1 atom stereocenters. The number of hydrogen-bond donors (Lipinski definition) is 2. The van der Waals surface area contributed by atoms with Gasteiger partial charge in [-0.2, -0.15) is 5.26 Å². The molecule has 0 saturated heterocycles. The molecule has 0 unspecified atom stereocenters. The van der Waals surface area contributed by atoms with Crippen LogP contribution >= 0.6 is 0 Å². The minimum atomic E-state index is -0.719. The van der Waals surface area contributed by atoms with E-state index < -0.39 is 29.3 Å². The summed E-state index contributed by atoms with van der Waals surface area (Å²) in [5.41, 5.74) is 0.142. The molecule has 0 heterocycles. The maximum Gasteiger partial charge on any atom is 0.407 e. The minimum Gasteiger partial charge on any atom is -0.444 e. The zero-order valence-corrected chi connectivity index (χ0v) is 16.0. The average molecular weight is 383 g/mol. The van der Waals surface area contributed by atoms with Crippen LogP contribution in [0.5, 0.6) is 0 Å². The number of nitriles is 1. The van der Waals surface area contributed by atoms with E-state index in [1.54, 1.807) is 51.1 Å². The van der Waals surface area contributed by atoms with Crippen molar-refractivity contribution in [3.63, 3.8) is 0 Å². The molecule has 0 saturated carbocycles. The van der Waals surface area contributed by atoms with Crippen LogP contribution in [0.15, 0.2) is 48.5 Å². The third-order valence-electron chi connectivity index (χ3n) is 3.72. The number of halogens is 1. The van der Waals surface area contributed by atoms with Crippen LogP contribution < -0.4 is 10.6 Å². The molecule has 0 spiro atoms. The third kappa shape index (κ3) is 6.09. The first kappa shape index (κ1) is 20.9. The Morgan fingerprint density at radius 1 is 1.18 bits per heavy atom. The van der Waals surface area contributed by atoms with Gasteiger partial charge in [-0.3, -0.25) is 4.79 Å². The fourth-order valence-electron chi connectivity index (χ4n) is 2.46. The number of carbonyl (C=O) groups is 2. The van der Waals surface area contributed by atoms with Crippen LogP contribution in [0, 0.1) is 17.1 Å². The van der Waals surface area contributed by atoms with E-state index >= 15 is 0 Å². The smallest absolute Gasteiger partial charge is 0.407 e. The topological polar surface area (TPSA) is 91.2 Å². The number of anilines is 1. The summed E-state index contributed by atoms with van der Waals surface area (Å²) in [6.45, 7) is 5.23. The van der Waals surface area contributed by atoms with Crippen molar-refractivity contribution in [1.29, 1.82) is 5.26 Å². The number of carbonyl (C=O) groups excluding carboxylic acids is 2. The summed E-state index contributed by atoms with van der Waals surface area (Å²) in [4.78, 5) is 24.7. The largest absolute Gasteiger partial charge is 0.444 e. The molecule has 2 rings (SSSR count). The van der Waals surface area contributed by atoms with Crippen molar-refractivity contribution in [2.45, 2.75) is 32.3 Å². The van der Waals surface area contributed by atoms with Gasteiger partial charge in [0.15, 0.2) is 0 Å². The van der Waals surface area contributed by atoms with Gasteiger partial charge >= 0.3 is 6.09 Å². The number of rotatable bonds is 5. The normalized spacial score (nSPS) is 11.8. The first-order valence-corrected chi connectivity index (χ1v) is 8.72. The van der Waals surface area contributed by atoms with E-state index in [0.717, 1.165) is 6.07 Å². The first-order chi connectivity index (χ1) is 13.2. The van der Waals surface area contributed by atoms with Crippen molar-refractivity contribution < 1.29 is 18.7 Å². The summed E-state index contributed by atoms with van der Waals surface area (Å²) in [6.07, 6.45) is -0.634. The zero-order valence-electron chi connectivity index (χ0n) is 16.0. The summed E-state index contributed by atoms with van der Waals surface area (Å²) >= 11 is 0. The Bertz CT molecular complexity index is 886. The van der Waals surface area contributed by atoms with Crippen molar-refractivity contribution in [2.24, 2.45) is 0 Å². The lowest BCUT2D eigenvalue weighted by atomic mass is 9.98. The monoisotopic (exact) mass is 383 g/mol. The lowest BCUT2D eigenvalue weighted by molar-refractivity contribution is -0.117. The van der Waals surface area contributed by atoms with E-state index in [2.05, 4.69) is 10.6 Å². The molecule has 2 aromatic carbocycles. The minimum absolute atomic E-state index is 0.00349. The van der Waals surface area contributed by atoms with Crippen molar-refractivity contribution in [1.82, 2.24) is 5.32 Å². The zero-order chi connectivity index (χ0) is 20.7. The Balaban J connectivity index is 2.15. The van der Waals surface area contributed by atoms with Gasteiger partial charge in [0.25, 0.3) is 0 Å². The molecule has 2 aromatic rings. The Hall–Kier alpha value is -3.40. The van der Waals surface area contributed by atoms with Crippen molar-refractivity contribution >= 4 is 17.7 Å². The second kappa shape index (κ2) is 9.00. The molecule has 2 N–H and O–H groups in total. The molecule has 0 fully saturated rings. The van der Waals surface area contributed by atoms with Gasteiger partial charge in [0.05, 0.1) is 11.5 Å². The van der Waals surface area contributed by atoms with Gasteiger partial charge in [-0.15, -0.1) is 0 Å². The molecular weight excluding hydrogens is 361 g/mol. The van der Waals surface area contributed by atoms with E-state index in [4.69, 9.17) is 10.00 Å². The van der Waals surface area contributed by atoms with Gasteiger partial charge in [-0.1, -0.05) is 30.3 Å². The van der Waals surface area contributed by atoms with E-state index in [1.165, 1.54) is 12.1 Å². The second-order valence-corrected chi connectivity index (χ2v) is 7.14. The van der Waals surface area contributed by atoms with Gasteiger partial charge in [0.2, 0.25) is 5.91 Å². The van der Waals surface area contributed by atoms with Crippen molar-refractivity contribution in [2.75, 3.05) is 11.9 Å². The molecule has 0 aromatic heterocycles. The number of amides is 2. The van der Waals surface area contributed by atoms with Gasteiger partial charge in [-0.05, 0) is 44.5 Å². The molecule has 0 bridgehead atoms. The lowest BCUT2D eigenvalue weighted by Gasteiger charge is -2.22. The number of alkyl carbamates (subject to hydrolysis) is 1. The Kier molecular flexibility index (Phi) is 6.72. The van der Waals surface area contributed by atoms with Gasteiger partial charge in [0, 0.05) is 12.2 Å². The molecular formula is C21H22FN3O3. The Morgan fingerprint density at radius 2 is 1.86 bits per heavy atom. The summed E-state index contributed by atoms with van der Waals surface area (Å²) in [5, 5.41) is 14.0. The number of nitrogens with zero attached hydrogens (tertiary/aromatic N) is 1. The fraction of sp³-hybridized carbons (Fsp3) is 0.286. The summed E-state index contributed by atoms with van der Waals surface area (Å²) in [6, 6.07) is 14.5. The SMILES string of the molecule is CC(C)(C)OC(=O)NC[C@H](C(=O)Nc1ccc(C#N)c(F)c1)c1ccccc1. The molecule has 0 aliphatic rings. The molecule has 7 heteroatoms. The van der Waals surface area contributed by atoms with Crippen LogP contribution in [-0.4, -0.2) is 24.1 Å². The maximum absolute atomic E-state index is 13.8. The molecule has 28 heavy (non-hydrogen) atoms. The van der Waals surface area contributed by atoms with E-state index in [1.807, 2.05) is 6.07 Å². The van der Waals surface area contributed by atoms with Crippen LogP contribution in [0.4, 0.5) is 14.9 Å². The highest BCUT2D eigenvalue weighted by atomic mass is 19.1. The van der Waals surface area contributed by atoms with Crippen LogP contribution in [0.25, 0.3) is 0 Å². The highest BCUT2D eigenvalue weighted by Crippen LogP contribution is 2.20. The van der Waals surface area contributed by atoms with Crippen LogP contribution in [0.1, 0.15) is 37.8 Å². The maximum atomic E-state index is 13.8. The van der Waals surface area contributed by atoms with Gasteiger partial charge in [0.1, 0.15) is 17.5 Å². The summed E-state index contributed by atoms with van der Waals surface area (Å²) < 4.78 is 19.0. The number of ether oxygens (including phenoxy) is 1. The standard InChI is InChI=1S/C21H22FN3O3/c1-21(2,3)28-20(27)24-13-17(14-7-5-4-6-8-14)19(26)25-16-10-9-15(12-23)18(22)11-16/h4-11,17H,13H2,1-3H3,(H,24,27)(H,25,26)/t17-/m0/s1. The number of hydrogen-bond acceptors (Lipinski definition) is 4.